The summed E-state index contributed by atoms with van der Waals surface area (Å²) in [4.78, 5) is 28.0. The molecule has 0 atom stereocenters. The lowest BCUT2D eigenvalue weighted by atomic mass is 10.3. The monoisotopic (exact) mass is 332 g/mol. The fourth-order valence-corrected chi connectivity index (χ4v) is 2.99. The molecule has 0 bridgehead atoms. The molecule has 0 spiro atoms. The van der Waals surface area contributed by atoms with Gasteiger partial charge in [0.15, 0.2) is 0 Å². The molecule has 0 aliphatic rings. The van der Waals surface area contributed by atoms with Crippen LogP contribution in [-0.4, -0.2) is 55.5 Å². The van der Waals surface area contributed by atoms with Crippen LogP contribution in [0.1, 0.15) is 18.2 Å². The Kier molecular flexibility index (Phi) is 7.71. The first-order valence-corrected chi connectivity index (χ1v) is 7.93. The van der Waals surface area contributed by atoms with E-state index in [2.05, 4.69) is 4.74 Å². The summed E-state index contributed by atoms with van der Waals surface area (Å²) in [5.41, 5.74) is 0. The molecular weight excluding hydrogens is 312 g/mol. The van der Waals surface area contributed by atoms with E-state index in [4.69, 9.17) is 11.6 Å². The second kappa shape index (κ2) is 9.02. The standard InChI is InChI=1S/C14H21ClN2O3S/c1-4-7-17(10-14(19)20-3)9-13(18)16(2)8-11-5-6-12(15)21-11/h5-6H,4,7-10H2,1-3H3. The van der Waals surface area contributed by atoms with Crippen molar-refractivity contribution in [3.8, 4) is 0 Å². The highest BCUT2D eigenvalue weighted by Crippen LogP contribution is 2.22. The van der Waals surface area contributed by atoms with Crippen molar-refractivity contribution in [3.05, 3.63) is 21.3 Å². The summed E-state index contributed by atoms with van der Waals surface area (Å²) in [5, 5.41) is 0. The van der Waals surface area contributed by atoms with E-state index < -0.39 is 0 Å². The number of carbonyl (C=O) groups is 2. The van der Waals surface area contributed by atoms with E-state index in [0.29, 0.717) is 17.4 Å². The molecule has 0 unspecified atom stereocenters. The lowest BCUT2D eigenvalue weighted by Crippen LogP contribution is -2.41. The lowest BCUT2D eigenvalue weighted by Gasteiger charge is -2.23. The number of nitrogens with zero attached hydrogens (tertiary/aromatic N) is 2. The third-order valence-electron chi connectivity index (χ3n) is 2.93. The average molecular weight is 333 g/mol. The molecule has 1 aromatic rings. The van der Waals surface area contributed by atoms with Crippen LogP contribution in [0.3, 0.4) is 0 Å². The van der Waals surface area contributed by atoms with Gasteiger partial charge in [0, 0.05) is 11.9 Å². The minimum Gasteiger partial charge on any atom is -0.468 e. The number of methoxy groups -OCH3 is 1. The SMILES string of the molecule is CCCN(CC(=O)OC)CC(=O)N(C)Cc1ccc(Cl)s1. The van der Waals surface area contributed by atoms with Crippen molar-refractivity contribution in [2.45, 2.75) is 19.9 Å². The van der Waals surface area contributed by atoms with E-state index in [9.17, 15) is 9.59 Å². The van der Waals surface area contributed by atoms with E-state index in [-0.39, 0.29) is 25.0 Å². The summed E-state index contributed by atoms with van der Waals surface area (Å²) >= 11 is 7.34. The van der Waals surface area contributed by atoms with Gasteiger partial charge in [-0.3, -0.25) is 14.5 Å². The second-order valence-electron chi connectivity index (χ2n) is 4.74. The van der Waals surface area contributed by atoms with E-state index >= 15 is 0 Å². The molecule has 1 heterocycles. The van der Waals surface area contributed by atoms with Crippen LogP contribution in [0.15, 0.2) is 12.1 Å². The average Bonchev–Trinajstić information content (AvgIpc) is 2.84. The maximum Gasteiger partial charge on any atom is 0.319 e. The molecule has 7 heteroatoms. The van der Waals surface area contributed by atoms with Crippen LogP contribution in [0.4, 0.5) is 0 Å². The Morgan fingerprint density at radius 3 is 2.57 bits per heavy atom. The van der Waals surface area contributed by atoms with Crippen LogP contribution in [0, 0.1) is 0 Å². The number of esters is 1. The zero-order valence-corrected chi connectivity index (χ0v) is 14.2. The number of thiophene rings is 1. The number of carbonyl (C=O) groups excluding carboxylic acids is 2. The van der Waals surface area contributed by atoms with Crippen LogP contribution in [0.5, 0.6) is 0 Å². The zero-order valence-electron chi connectivity index (χ0n) is 12.6. The number of halogens is 1. The van der Waals surface area contributed by atoms with Gasteiger partial charge in [0.1, 0.15) is 0 Å². The zero-order chi connectivity index (χ0) is 15.8. The van der Waals surface area contributed by atoms with Gasteiger partial charge in [-0.2, -0.15) is 0 Å². The molecule has 0 radical (unpaired) electrons. The van der Waals surface area contributed by atoms with Crippen LogP contribution in [-0.2, 0) is 20.9 Å². The van der Waals surface area contributed by atoms with Gasteiger partial charge in [0.25, 0.3) is 0 Å². The van der Waals surface area contributed by atoms with E-state index in [1.54, 1.807) is 16.8 Å². The topological polar surface area (TPSA) is 49.9 Å². The summed E-state index contributed by atoms with van der Waals surface area (Å²) in [6.07, 6.45) is 0.870. The number of hydrogen-bond acceptors (Lipinski definition) is 5. The van der Waals surface area contributed by atoms with Crippen molar-refractivity contribution in [3.63, 3.8) is 0 Å². The molecule has 21 heavy (non-hydrogen) atoms. The highest BCUT2D eigenvalue weighted by molar-refractivity contribution is 7.16. The maximum absolute atomic E-state index is 12.2. The van der Waals surface area contributed by atoms with Gasteiger partial charge in [0.05, 0.1) is 31.1 Å². The summed E-state index contributed by atoms with van der Waals surface area (Å²) < 4.78 is 5.36. The largest absolute Gasteiger partial charge is 0.468 e. The molecule has 5 nitrogen and oxygen atoms in total. The number of ether oxygens (including phenoxy) is 1. The minimum atomic E-state index is -0.330. The quantitative estimate of drug-likeness (QED) is 0.685. The second-order valence-corrected chi connectivity index (χ2v) is 6.54. The predicted molar refractivity (Wildman–Crippen MR) is 84.6 cm³/mol. The predicted octanol–water partition coefficient (Wildman–Crippen LogP) is 2.24. The third kappa shape index (κ3) is 6.46. The summed E-state index contributed by atoms with van der Waals surface area (Å²) in [5.74, 6) is -0.360. The Balaban J connectivity index is 2.53. The minimum absolute atomic E-state index is 0.0307. The van der Waals surface area contributed by atoms with Gasteiger partial charge in [-0.25, -0.2) is 0 Å². The van der Waals surface area contributed by atoms with Gasteiger partial charge >= 0.3 is 5.97 Å². The van der Waals surface area contributed by atoms with Crippen molar-refractivity contribution in [2.24, 2.45) is 0 Å². The highest BCUT2D eigenvalue weighted by Gasteiger charge is 2.17. The van der Waals surface area contributed by atoms with Crippen molar-refractivity contribution < 1.29 is 14.3 Å². The van der Waals surface area contributed by atoms with Crippen molar-refractivity contribution in [1.29, 1.82) is 0 Å². The van der Waals surface area contributed by atoms with Crippen molar-refractivity contribution in [1.82, 2.24) is 9.80 Å². The molecule has 0 saturated carbocycles. The van der Waals surface area contributed by atoms with E-state index in [1.165, 1.54) is 18.4 Å². The molecule has 1 amide bonds. The fourth-order valence-electron chi connectivity index (χ4n) is 1.85. The van der Waals surface area contributed by atoms with E-state index in [0.717, 1.165) is 11.3 Å². The van der Waals surface area contributed by atoms with Crippen LogP contribution in [0.25, 0.3) is 0 Å². The molecule has 0 aliphatic heterocycles. The van der Waals surface area contributed by atoms with Crippen molar-refractivity contribution in [2.75, 3.05) is 33.8 Å². The molecular formula is C14H21ClN2O3S. The van der Waals surface area contributed by atoms with Gasteiger partial charge in [-0.05, 0) is 25.1 Å². The molecule has 0 N–H and O–H groups in total. The molecule has 0 fully saturated rings. The summed E-state index contributed by atoms with van der Waals surface area (Å²) in [6, 6.07) is 3.73. The van der Waals surface area contributed by atoms with Crippen molar-refractivity contribution >= 4 is 34.8 Å². The smallest absolute Gasteiger partial charge is 0.319 e. The van der Waals surface area contributed by atoms with Gasteiger partial charge in [-0.15, -0.1) is 11.3 Å². The van der Waals surface area contributed by atoms with E-state index in [1.807, 2.05) is 19.1 Å². The molecule has 0 aliphatic carbocycles. The summed E-state index contributed by atoms with van der Waals surface area (Å²) in [6.45, 7) is 3.55. The fraction of sp³-hybridized carbons (Fsp3) is 0.571. The molecule has 118 valence electrons. The van der Waals surface area contributed by atoms with Gasteiger partial charge < -0.3 is 9.64 Å². The van der Waals surface area contributed by atoms with Crippen LogP contribution in [0.2, 0.25) is 4.34 Å². The first-order valence-electron chi connectivity index (χ1n) is 6.73. The van der Waals surface area contributed by atoms with Gasteiger partial charge in [-0.1, -0.05) is 18.5 Å². The Morgan fingerprint density at radius 1 is 1.33 bits per heavy atom. The Labute approximate surface area is 134 Å². The first-order chi connectivity index (χ1) is 9.96. The van der Waals surface area contributed by atoms with Crippen LogP contribution < -0.4 is 0 Å². The Hall–Kier alpha value is -1.11. The number of hydrogen-bond donors (Lipinski definition) is 0. The summed E-state index contributed by atoms with van der Waals surface area (Å²) in [7, 11) is 3.10. The third-order valence-corrected chi connectivity index (χ3v) is 4.14. The first kappa shape index (κ1) is 17.9. The molecule has 0 aromatic carbocycles. The Morgan fingerprint density at radius 2 is 2.05 bits per heavy atom. The maximum atomic E-state index is 12.2. The number of rotatable bonds is 8. The molecule has 1 aromatic heterocycles. The van der Waals surface area contributed by atoms with Crippen LogP contribution >= 0.6 is 22.9 Å². The lowest BCUT2D eigenvalue weighted by molar-refractivity contribution is -0.142. The molecule has 0 saturated heterocycles. The molecule has 1 rings (SSSR count). The Bertz CT molecular complexity index is 479. The number of amides is 1. The normalized spacial score (nSPS) is 10.7. The van der Waals surface area contributed by atoms with Gasteiger partial charge in [0.2, 0.25) is 5.91 Å². The number of likely N-dealkylation sites (N-methyl/N-ethyl adjacent to an activating group) is 1. The highest BCUT2D eigenvalue weighted by atomic mass is 35.5.